The first kappa shape index (κ1) is 17.9. The topological polar surface area (TPSA) is 41.1 Å². The molecule has 0 aliphatic carbocycles. The van der Waals surface area contributed by atoms with Gasteiger partial charge in [-0.15, -0.1) is 0 Å². The minimum Gasteiger partial charge on any atom is -0.341 e. The van der Waals surface area contributed by atoms with Gasteiger partial charge in [0, 0.05) is 42.6 Å². The van der Waals surface area contributed by atoms with Crippen LogP contribution in [0.25, 0.3) is 0 Å². The fraction of sp³-hybridized carbons (Fsp3) is 0.765. The number of aromatic nitrogens is 2. The molecule has 0 aliphatic heterocycles. The van der Waals surface area contributed by atoms with E-state index in [0.717, 1.165) is 24.6 Å². The second kappa shape index (κ2) is 7.21. The molecule has 0 amide bonds. The monoisotopic (exact) mass is 292 g/mol. The summed E-state index contributed by atoms with van der Waals surface area (Å²) < 4.78 is 0. The number of nitrogens with one attached hydrogen (secondary N) is 1. The normalized spacial score (nSPS) is 13.6. The maximum absolute atomic E-state index is 4.68. The molecule has 1 unspecified atom stereocenters. The van der Waals surface area contributed by atoms with Crippen molar-refractivity contribution in [2.24, 2.45) is 5.92 Å². The van der Waals surface area contributed by atoms with E-state index in [1.807, 2.05) is 6.20 Å². The molecule has 0 aromatic carbocycles. The Hall–Kier alpha value is -1.16. The van der Waals surface area contributed by atoms with Gasteiger partial charge in [0.25, 0.3) is 0 Å². The average Bonchev–Trinajstić information content (AvgIpc) is 2.34. The van der Waals surface area contributed by atoms with Gasteiger partial charge < -0.3 is 10.2 Å². The highest BCUT2D eigenvalue weighted by molar-refractivity contribution is 5.33. The van der Waals surface area contributed by atoms with Crippen LogP contribution in [0.3, 0.4) is 0 Å². The zero-order valence-electron chi connectivity index (χ0n) is 15.0. The molecular weight excluding hydrogens is 260 g/mol. The fourth-order valence-corrected chi connectivity index (χ4v) is 2.22. The Balaban J connectivity index is 2.77. The first-order chi connectivity index (χ1) is 9.60. The number of hydrogen-bond donors (Lipinski definition) is 1. The molecule has 0 spiro atoms. The van der Waals surface area contributed by atoms with E-state index in [0.29, 0.717) is 12.0 Å². The minimum atomic E-state index is 0.105. The molecule has 0 saturated heterocycles. The molecule has 21 heavy (non-hydrogen) atoms. The summed E-state index contributed by atoms with van der Waals surface area (Å²) in [6.45, 7) is 16.1. The molecule has 1 N–H and O–H groups in total. The predicted octanol–water partition coefficient (Wildman–Crippen LogP) is 3.54. The second-order valence-corrected chi connectivity index (χ2v) is 7.47. The summed E-state index contributed by atoms with van der Waals surface area (Å²) in [7, 11) is 2.08. The SMILES string of the molecule is Cc1nc(N(C)C(C)CC(C)C)ncc1CNC(C)(C)C. The van der Waals surface area contributed by atoms with Gasteiger partial charge in [0.1, 0.15) is 0 Å². The maximum Gasteiger partial charge on any atom is 0.225 e. The van der Waals surface area contributed by atoms with Crippen LogP contribution in [0.2, 0.25) is 0 Å². The van der Waals surface area contributed by atoms with E-state index in [4.69, 9.17) is 0 Å². The first-order valence-electron chi connectivity index (χ1n) is 7.90. The van der Waals surface area contributed by atoms with Gasteiger partial charge in [-0.1, -0.05) is 13.8 Å². The van der Waals surface area contributed by atoms with Crippen molar-refractivity contribution < 1.29 is 0 Å². The third kappa shape index (κ3) is 6.00. The number of nitrogens with zero attached hydrogens (tertiary/aromatic N) is 3. The van der Waals surface area contributed by atoms with Crippen LogP contribution in [0.4, 0.5) is 5.95 Å². The van der Waals surface area contributed by atoms with Gasteiger partial charge in [-0.25, -0.2) is 9.97 Å². The molecule has 4 heteroatoms. The summed E-state index contributed by atoms with van der Waals surface area (Å²) >= 11 is 0. The molecule has 0 bridgehead atoms. The van der Waals surface area contributed by atoms with Crippen LogP contribution in [-0.4, -0.2) is 28.6 Å². The van der Waals surface area contributed by atoms with E-state index < -0.39 is 0 Å². The lowest BCUT2D eigenvalue weighted by Gasteiger charge is -2.27. The van der Waals surface area contributed by atoms with Gasteiger partial charge in [0.05, 0.1) is 0 Å². The maximum atomic E-state index is 4.68. The largest absolute Gasteiger partial charge is 0.341 e. The van der Waals surface area contributed by atoms with Crippen LogP contribution in [0.15, 0.2) is 6.20 Å². The molecule has 0 fully saturated rings. The number of rotatable bonds is 6. The van der Waals surface area contributed by atoms with Gasteiger partial charge in [0.2, 0.25) is 5.95 Å². The van der Waals surface area contributed by atoms with E-state index in [-0.39, 0.29) is 5.54 Å². The lowest BCUT2D eigenvalue weighted by atomic mass is 10.0. The van der Waals surface area contributed by atoms with Crippen molar-refractivity contribution in [1.29, 1.82) is 0 Å². The zero-order chi connectivity index (χ0) is 16.2. The molecule has 4 nitrogen and oxygen atoms in total. The van der Waals surface area contributed by atoms with Crippen molar-refractivity contribution in [2.75, 3.05) is 11.9 Å². The molecule has 1 heterocycles. The summed E-state index contributed by atoms with van der Waals surface area (Å²) in [5, 5.41) is 3.48. The molecule has 1 aromatic heterocycles. The Bertz CT molecular complexity index is 449. The number of aryl methyl sites for hydroxylation is 1. The minimum absolute atomic E-state index is 0.105. The van der Waals surface area contributed by atoms with E-state index in [2.05, 4.69) is 75.7 Å². The molecule has 0 aliphatic rings. The van der Waals surface area contributed by atoms with Gasteiger partial charge >= 0.3 is 0 Å². The highest BCUT2D eigenvalue weighted by Gasteiger charge is 2.16. The molecule has 0 saturated carbocycles. The van der Waals surface area contributed by atoms with Gasteiger partial charge in [-0.3, -0.25) is 0 Å². The van der Waals surface area contributed by atoms with Crippen molar-refractivity contribution in [3.63, 3.8) is 0 Å². The Morgan fingerprint density at radius 3 is 2.33 bits per heavy atom. The Labute approximate surface area is 130 Å². The highest BCUT2D eigenvalue weighted by Crippen LogP contribution is 2.17. The zero-order valence-corrected chi connectivity index (χ0v) is 15.0. The van der Waals surface area contributed by atoms with Crippen molar-refractivity contribution in [3.05, 3.63) is 17.5 Å². The number of hydrogen-bond acceptors (Lipinski definition) is 4. The molecule has 120 valence electrons. The van der Waals surface area contributed by atoms with Crippen LogP contribution in [0, 0.1) is 12.8 Å². The summed E-state index contributed by atoms with van der Waals surface area (Å²) in [4.78, 5) is 11.4. The van der Waals surface area contributed by atoms with Crippen LogP contribution in [0.1, 0.15) is 59.2 Å². The number of anilines is 1. The lowest BCUT2D eigenvalue weighted by molar-refractivity contribution is 0.423. The van der Waals surface area contributed by atoms with Crippen molar-refractivity contribution >= 4 is 5.95 Å². The molecular formula is C17H32N4. The van der Waals surface area contributed by atoms with E-state index >= 15 is 0 Å². The Morgan fingerprint density at radius 2 is 1.86 bits per heavy atom. The predicted molar refractivity (Wildman–Crippen MR) is 90.7 cm³/mol. The van der Waals surface area contributed by atoms with E-state index in [1.165, 1.54) is 5.56 Å². The van der Waals surface area contributed by atoms with Gasteiger partial charge in [-0.05, 0) is 47.0 Å². The van der Waals surface area contributed by atoms with Crippen LogP contribution >= 0.6 is 0 Å². The lowest BCUT2D eigenvalue weighted by Crippen LogP contribution is -2.35. The molecule has 1 rings (SSSR count). The van der Waals surface area contributed by atoms with E-state index in [9.17, 15) is 0 Å². The second-order valence-electron chi connectivity index (χ2n) is 7.47. The molecule has 1 aromatic rings. The third-order valence-corrected chi connectivity index (χ3v) is 3.67. The molecule has 1 atom stereocenters. The first-order valence-corrected chi connectivity index (χ1v) is 7.90. The van der Waals surface area contributed by atoms with Crippen molar-refractivity contribution in [3.8, 4) is 0 Å². The Morgan fingerprint density at radius 1 is 1.24 bits per heavy atom. The Kier molecular flexibility index (Phi) is 6.14. The standard InChI is InChI=1S/C17H32N4/c1-12(2)9-13(3)21(8)16-18-10-15(14(4)20-16)11-19-17(5,6)7/h10,12-13,19H,9,11H2,1-8H3. The fourth-order valence-electron chi connectivity index (χ4n) is 2.22. The van der Waals surface area contributed by atoms with E-state index in [1.54, 1.807) is 0 Å². The quantitative estimate of drug-likeness (QED) is 0.870. The van der Waals surface area contributed by atoms with Crippen LogP contribution in [0.5, 0.6) is 0 Å². The van der Waals surface area contributed by atoms with Crippen LogP contribution < -0.4 is 10.2 Å². The van der Waals surface area contributed by atoms with Crippen LogP contribution in [-0.2, 0) is 6.54 Å². The summed E-state index contributed by atoms with van der Waals surface area (Å²) in [5.74, 6) is 1.50. The van der Waals surface area contributed by atoms with Gasteiger partial charge in [-0.2, -0.15) is 0 Å². The summed E-state index contributed by atoms with van der Waals surface area (Å²) in [5.41, 5.74) is 2.33. The van der Waals surface area contributed by atoms with Gasteiger partial charge in [0.15, 0.2) is 0 Å². The van der Waals surface area contributed by atoms with Crippen molar-refractivity contribution in [1.82, 2.24) is 15.3 Å². The highest BCUT2D eigenvalue weighted by atomic mass is 15.2. The summed E-state index contributed by atoms with van der Waals surface area (Å²) in [6, 6.07) is 0.447. The third-order valence-electron chi connectivity index (χ3n) is 3.67. The van der Waals surface area contributed by atoms with Crippen molar-refractivity contribution in [2.45, 2.75) is 73.0 Å². The molecule has 0 radical (unpaired) electrons. The summed E-state index contributed by atoms with van der Waals surface area (Å²) in [6.07, 6.45) is 3.10. The average molecular weight is 292 g/mol. The smallest absolute Gasteiger partial charge is 0.225 e.